The molecular formula is C15H13F2NO3S. The number of nitrogens with one attached hydrogen (secondary N) is 1. The summed E-state index contributed by atoms with van der Waals surface area (Å²) in [5, 5.41) is 2.47. The number of carbonyl (C=O) groups excluding carboxylic acids is 1. The van der Waals surface area contributed by atoms with Gasteiger partial charge < -0.3 is 5.32 Å². The van der Waals surface area contributed by atoms with Crippen LogP contribution in [0.5, 0.6) is 0 Å². The van der Waals surface area contributed by atoms with Crippen LogP contribution in [0.4, 0.5) is 14.5 Å². The molecule has 0 fully saturated rings. The molecule has 22 heavy (non-hydrogen) atoms. The first-order valence-electron chi connectivity index (χ1n) is 6.25. The quantitative estimate of drug-likeness (QED) is 0.944. The Kier molecular flexibility index (Phi) is 4.27. The topological polar surface area (TPSA) is 63.2 Å². The van der Waals surface area contributed by atoms with Gasteiger partial charge in [-0.25, -0.2) is 17.2 Å². The van der Waals surface area contributed by atoms with Gasteiger partial charge in [0.05, 0.1) is 10.5 Å². The zero-order chi connectivity index (χ0) is 16.5. The predicted molar refractivity (Wildman–Crippen MR) is 78.6 cm³/mol. The molecule has 0 saturated heterocycles. The zero-order valence-electron chi connectivity index (χ0n) is 11.9. The highest BCUT2D eigenvalue weighted by molar-refractivity contribution is 7.90. The Labute approximate surface area is 126 Å². The highest BCUT2D eigenvalue weighted by Crippen LogP contribution is 2.21. The van der Waals surface area contributed by atoms with E-state index in [0.717, 1.165) is 18.4 Å². The van der Waals surface area contributed by atoms with Gasteiger partial charge in [-0.15, -0.1) is 0 Å². The first-order chi connectivity index (χ1) is 10.2. The summed E-state index contributed by atoms with van der Waals surface area (Å²) in [5.74, 6) is -2.49. The van der Waals surface area contributed by atoms with Gasteiger partial charge in [0.15, 0.2) is 9.84 Å². The molecule has 0 radical (unpaired) electrons. The smallest absolute Gasteiger partial charge is 0.258 e. The summed E-state index contributed by atoms with van der Waals surface area (Å²) in [6.07, 6.45) is 1.08. The fraction of sp³-hybridized carbons (Fsp3) is 0.133. The minimum absolute atomic E-state index is 0.121. The SMILES string of the molecule is Cc1cc(S(C)(=O)=O)ccc1NC(=O)c1ccc(F)cc1F. The largest absolute Gasteiger partial charge is 0.322 e. The molecule has 0 aliphatic heterocycles. The molecule has 2 aromatic carbocycles. The molecule has 7 heteroatoms. The van der Waals surface area contributed by atoms with Gasteiger partial charge in [0.1, 0.15) is 11.6 Å². The maximum atomic E-state index is 13.5. The Hall–Kier alpha value is -2.28. The molecule has 2 aromatic rings. The first-order valence-corrected chi connectivity index (χ1v) is 8.15. The van der Waals surface area contributed by atoms with Crippen molar-refractivity contribution in [1.82, 2.24) is 0 Å². The number of aryl methyl sites for hydroxylation is 1. The molecule has 0 atom stereocenters. The summed E-state index contributed by atoms with van der Waals surface area (Å²) in [5.41, 5.74) is 0.563. The molecular weight excluding hydrogens is 312 g/mol. The van der Waals surface area contributed by atoms with Crippen LogP contribution in [-0.2, 0) is 9.84 Å². The van der Waals surface area contributed by atoms with E-state index in [1.807, 2.05) is 0 Å². The van der Waals surface area contributed by atoms with Crippen LogP contribution < -0.4 is 5.32 Å². The van der Waals surface area contributed by atoms with Crippen molar-refractivity contribution < 1.29 is 22.0 Å². The Bertz CT molecular complexity index is 848. The summed E-state index contributed by atoms with van der Waals surface area (Å²) in [6.45, 7) is 1.62. The molecule has 0 bridgehead atoms. The lowest BCUT2D eigenvalue weighted by molar-refractivity contribution is 0.102. The van der Waals surface area contributed by atoms with Crippen LogP contribution in [0.25, 0.3) is 0 Å². The maximum Gasteiger partial charge on any atom is 0.258 e. The van der Waals surface area contributed by atoms with Crippen molar-refractivity contribution in [3.05, 3.63) is 59.2 Å². The molecule has 0 spiro atoms. The van der Waals surface area contributed by atoms with Crippen LogP contribution in [0.2, 0.25) is 0 Å². The third-order valence-corrected chi connectivity index (χ3v) is 4.16. The zero-order valence-corrected chi connectivity index (χ0v) is 12.7. The lowest BCUT2D eigenvalue weighted by atomic mass is 10.1. The van der Waals surface area contributed by atoms with E-state index >= 15 is 0 Å². The van der Waals surface area contributed by atoms with E-state index in [1.54, 1.807) is 6.92 Å². The molecule has 0 aliphatic carbocycles. The third-order valence-electron chi connectivity index (χ3n) is 3.05. The summed E-state index contributed by atoms with van der Waals surface area (Å²) in [4.78, 5) is 12.1. The van der Waals surface area contributed by atoms with Crippen molar-refractivity contribution in [3.63, 3.8) is 0 Å². The van der Waals surface area contributed by atoms with E-state index < -0.39 is 27.4 Å². The third kappa shape index (κ3) is 3.48. The minimum atomic E-state index is -3.35. The molecule has 1 N–H and O–H groups in total. The molecule has 2 rings (SSSR count). The van der Waals surface area contributed by atoms with Gasteiger partial charge in [0.2, 0.25) is 0 Å². The normalized spacial score (nSPS) is 11.3. The highest BCUT2D eigenvalue weighted by Gasteiger charge is 2.15. The molecule has 0 unspecified atom stereocenters. The fourth-order valence-corrected chi connectivity index (χ4v) is 2.58. The summed E-state index contributed by atoms with van der Waals surface area (Å²) >= 11 is 0. The molecule has 0 saturated carbocycles. The van der Waals surface area contributed by atoms with Crippen LogP contribution in [-0.4, -0.2) is 20.6 Å². The second-order valence-corrected chi connectivity index (χ2v) is 6.84. The number of anilines is 1. The monoisotopic (exact) mass is 325 g/mol. The molecule has 0 aliphatic rings. The Morgan fingerprint density at radius 2 is 1.77 bits per heavy atom. The van der Waals surface area contributed by atoms with E-state index in [4.69, 9.17) is 0 Å². The van der Waals surface area contributed by atoms with Crippen LogP contribution in [0, 0.1) is 18.6 Å². The fourth-order valence-electron chi connectivity index (χ4n) is 1.87. The van der Waals surface area contributed by atoms with E-state index in [0.29, 0.717) is 17.3 Å². The van der Waals surface area contributed by atoms with Gasteiger partial charge in [-0.05, 0) is 42.8 Å². The average molecular weight is 325 g/mol. The van der Waals surface area contributed by atoms with Crippen LogP contribution in [0.1, 0.15) is 15.9 Å². The van der Waals surface area contributed by atoms with Crippen molar-refractivity contribution in [2.45, 2.75) is 11.8 Å². The Morgan fingerprint density at radius 1 is 1.09 bits per heavy atom. The number of carbonyl (C=O) groups is 1. The lowest BCUT2D eigenvalue weighted by Crippen LogP contribution is -2.15. The van der Waals surface area contributed by atoms with Crippen LogP contribution in [0.15, 0.2) is 41.3 Å². The molecule has 116 valence electrons. The second kappa shape index (κ2) is 5.84. The van der Waals surface area contributed by atoms with Gasteiger partial charge in [-0.2, -0.15) is 0 Å². The number of rotatable bonds is 3. The Morgan fingerprint density at radius 3 is 2.32 bits per heavy atom. The van der Waals surface area contributed by atoms with Crippen molar-refractivity contribution in [3.8, 4) is 0 Å². The van der Waals surface area contributed by atoms with E-state index in [9.17, 15) is 22.0 Å². The second-order valence-electron chi connectivity index (χ2n) is 4.83. The molecule has 0 heterocycles. The number of hydrogen-bond donors (Lipinski definition) is 1. The van der Waals surface area contributed by atoms with E-state index in [2.05, 4.69) is 5.32 Å². The van der Waals surface area contributed by atoms with Crippen molar-refractivity contribution in [2.24, 2.45) is 0 Å². The number of amides is 1. The minimum Gasteiger partial charge on any atom is -0.322 e. The number of halogens is 2. The average Bonchev–Trinajstić information content (AvgIpc) is 2.39. The number of hydrogen-bond acceptors (Lipinski definition) is 3. The van der Waals surface area contributed by atoms with E-state index in [-0.39, 0.29) is 10.5 Å². The number of sulfone groups is 1. The lowest BCUT2D eigenvalue weighted by Gasteiger charge is -2.10. The first kappa shape index (κ1) is 16.1. The van der Waals surface area contributed by atoms with Gasteiger partial charge in [0, 0.05) is 18.0 Å². The standard InChI is InChI=1S/C15H13F2NO3S/c1-9-7-11(22(2,20)21)4-6-14(9)18-15(19)12-5-3-10(16)8-13(12)17/h3-8H,1-2H3,(H,18,19). The molecule has 0 aromatic heterocycles. The van der Waals surface area contributed by atoms with Gasteiger partial charge in [-0.3, -0.25) is 4.79 Å². The summed E-state index contributed by atoms with van der Waals surface area (Å²) < 4.78 is 49.3. The maximum absolute atomic E-state index is 13.5. The Balaban J connectivity index is 2.29. The van der Waals surface area contributed by atoms with Gasteiger partial charge in [0.25, 0.3) is 5.91 Å². The molecule has 4 nitrogen and oxygen atoms in total. The predicted octanol–water partition coefficient (Wildman–Crippen LogP) is 2.93. The summed E-state index contributed by atoms with van der Waals surface area (Å²) in [7, 11) is -3.35. The van der Waals surface area contributed by atoms with Crippen LogP contribution >= 0.6 is 0 Å². The van der Waals surface area contributed by atoms with Crippen molar-refractivity contribution in [2.75, 3.05) is 11.6 Å². The van der Waals surface area contributed by atoms with Crippen LogP contribution in [0.3, 0.4) is 0 Å². The van der Waals surface area contributed by atoms with Crippen molar-refractivity contribution in [1.29, 1.82) is 0 Å². The summed E-state index contributed by atoms with van der Waals surface area (Å²) in [6, 6.07) is 6.82. The van der Waals surface area contributed by atoms with Crippen molar-refractivity contribution >= 4 is 21.4 Å². The molecule has 1 amide bonds. The highest BCUT2D eigenvalue weighted by atomic mass is 32.2. The van der Waals surface area contributed by atoms with Gasteiger partial charge in [-0.1, -0.05) is 0 Å². The number of benzene rings is 2. The van der Waals surface area contributed by atoms with Gasteiger partial charge >= 0.3 is 0 Å². The van der Waals surface area contributed by atoms with E-state index in [1.165, 1.54) is 18.2 Å².